The van der Waals surface area contributed by atoms with E-state index in [-0.39, 0.29) is 17.3 Å². The highest BCUT2D eigenvalue weighted by Gasteiger charge is 2.28. The minimum Gasteiger partial charge on any atom is -0.303 e. The van der Waals surface area contributed by atoms with E-state index in [1.54, 1.807) is 4.57 Å². The van der Waals surface area contributed by atoms with Crippen LogP contribution >= 0.6 is 39.7 Å². The fraction of sp³-hybridized carbons (Fsp3) is 0.636. The van der Waals surface area contributed by atoms with Gasteiger partial charge in [0.1, 0.15) is 6.17 Å². The molecule has 0 radical (unpaired) electrons. The quantitative estimate of drug-likeness (QED) is 0.369. The molecule has 3 heterocycles. The summed E-state index contributed by atoms with van der Waals surface area (Å²) in [7, 11) is 0. The lowest BCUT2D eigenvalue weighted by molar-refractivity contribution is -0.116. The van der Waals surface area contributed by atoms with Gasteiger partial charge in [-0.25, -0.2) is 0 Å². The van der Waals surface area contributed by atoms with Crippen molar-refractivity contribution in [2.75, 3.05) is 32.7 Å². The van der Waals surface area contributed by atoms with Crippen molar-refractivity contribution in [2.45, 2.75) is 51.1 Å². The van der Waals surface area contributed by atoms with E-state index in [4.69, 9.17) is 0 Å². The molecule has 0 saturated carbocycles. The molecule has 30 heavy (non-hydrogen) atoms. The Balaban J connectivity index is 0.00000256. The maximum atomic E-state index is 12.6. The highest BCUT2D eigenvalue weighted by molar-refractivity contribution is 9.10. The molecule has 1 aromatic heterocycles. The van der Waals surface area contributed by atoms with Crippen LogP contribution in [-0.2, 0) is 4.79 Å². The summed E-state index contributed by atoms with van der Waals surface area (Å²) in [5.74, 6) is 0.752. The standard InChI is InChI=1S/C22H30BrN3O2S.ClH/c23-18-6-7-20-19(15-18)26(22(28)29-20)21(16-27)25-13-8-17(9-14-25)5-1-2-10-24-11-3-4-12-24;/h6-7,15-17,21H,1-5,8-14H2;1H. The van der Waals surface area contributed by atoms with Gasteiger partial charge < -0.3 is 4.90 Å². The van der Waals surface area contributed by atoms with Gasteiger partial charge in [-0.15, -0.1) is 12.4 Å². The average Bonchev–Trinajstić information content (AvgIpc) is 3.35. The summed E-state index contributed by atoms with van der Waals surface area (Å²) in [6.45, 7) is 5.61. The van der Waals surface area contributed by atoms with E-state index < -0.39 is 6.17 Å². The van der Waals surface area contributed by atoms with Crippen molar-refractivity contribution in [1.29, 1.82) is 0 Å². The number of carbonyl (C=O) groups excluding carboxylic acids is 1. The number of benzene rings is 1. The van der Waals surface area contributed by atoms with Crippen molar-refractivity contribution in [2.24, 2.45) is 5.92 Å². The third-order valence-corrected chi connectivity index (χ3v) is 7.95. The van der Waals surface area contributed by atoms with Crippen molar-refractivity contribution in [3.63, 3.8) is 0 Å². The molecule has 166 valence electrons. The first-order chi connectivity index (χ1) is 14.2. The minimum absolute atomic E-state index is 0. The van der Waals surface area contributed by atoms with Gasteiger partial charge in [-0.05, 0) is 75.9 Å². The molecular weight excluding hydrogens is 486 g/mol. The number of unbranched alkanes of at least 4 members (excludes halogenated alkanes) is 1. The zero-order valence-electron chi connectivity index (χ0n) is 17.3. The summed E-state index contributed by atoms with van der Waals surface area (Å²) < 4.78 is 3.53. The van der Waals surface area contributed by atoms with Gasteiger partial charge in [0.05, 0.1) is 10.2 Å². The maximum absolute atomic E-state index is 12.6. The second kappa shape index (κ2) is 11.2. The predicted molar refractivity (Wildman–Crippen MR) is 130 cm³/mol. The van der Waals surface area contributed by atoms with Gasteiger partial charge in [0.15, 0.2) is 6.29 Å². The third-order valence-electron chi connectivity index (χ3n) is 6.52. The molecule has 0 bridgehead atoms. The van der Waals surface area contributed by atoms with Gasteiger partial charge in [-0.1, -0.05) is 40.1 Å². The van der Waals surface area contributed by atoms with Crippen LogP contribution in [0.2, 0.25) is 0 Å². The molecule has 1 atom stereocenters. The Morgan fingerprint density at radius 1 is 1.13 bits per heavy atom. The van der Waals surface area contributed by atoms with Gasteiger partial charge in [0.2, 0.25) is 0 Å². The van der Waals surface area contributed by atoms with Gasteiger partial charge in [-0.2, -0.15) is 0 Å². The van der Waals surface area contributed by atoms with Crippen LogP contribution in [0.1, 0.15) is 51.1 Å². The molecule has 2 aliphatic rings. The number of rotatable bonds is 8. The Hall–Kier alpha value is -0.730. The predicted octanol–water partition coefficient (Wildman–Crippen LogP) is 4.92. The zero-order valence-corrected chi connectivity index (χ0v) is 20.5. The van der Waals surface area contributed by atoms with E-state index in [2.05, 4.69) is 25.7 Å². The highest BCUT2D eigenvalue weighted by Crippen LogP contribution is 2.29. The molecule has 8 heteroatoms. The van der Waals surface area contributed by atoms with Crippen LogP contribution in [-0.4, -0.2) is 53.4 Å². The molecule has 0 aliphatic carbocycles. The summed E-state index contributed by atoms with van der Waals surface area (Å²) in [5, 5.41) is 0. The number of hydrogen-bond acceptors (Lipinski definition) is 5. The number of nitrogens with zero attached hydrogens (tertiary/aromatic N) is 3. The molecule has 1 unspecified atom stereocenters. The number of halogens is 2. The number of fused-ring (bicyclic) bond motifs is 1. The lowest BCUT2D eigenvalue weighted by atomic mass is 9.91. The molecule has 2 fully saturated rings. The Labute approximate surface area is 197 Å². The molecule has 0 amide bonds. The molecule has 4 rings (SSSR count). The molecule has 0 N–H and O–H groups in total. The SMILES string of the molecule is Cl.O=CC(N1CCC(CCCCN2CCCC2)CC1)n1c(=O)sc2ccc(Br)cc21. The number of carbonyl (C=O) groups is 1. The highest BCUT2D eigenvalue weighted by atomic mass is 79.9. The van der Waals surface area contributed by atoms with Crippen molar-refractivity contribution in [1.82, 2.24) is 14.4 Å². The zero-order chi connectivity index (χ0) is 20.2. The van der Waals surface area contributed by atoms with Gasteiger partial charge in [0.25, 0.3) is 0 Å². The van der Waals surface area contributed by atoms with E-state index in [0.717, 1.165) is 52.8 Å². The number of aromatic nitrogens is 1. The van der Waals surface area contributed by atoms with Gasteiger partial charge >= 0.3 is 4.87 Å². The summed E-state index contributed by atoms with van der Waals surface area (Å²) in [4.78, 5) is 29.3. The Kier molecular flexibility index (Phi) is 8.95. The topological polar surface area (TPSA) is 45.6 Å². The lowest BCUT2D eigenvalue weighted by Crippen LogP contribution is -2.42. The molecular formula is C22H31BrClN3O2S. The van der Waals surface area contributed by atoms with Crippen LogP contribution in [0.4, 0.5) is 0 Å². The molecule has 2 saturated heterocycles. The number of hydrogen-bond donors (Lipinski definition) is 0. The van der Waals surface area contributed by atoms with E-state index in [1.165, 1.54) is 63.1 Å². The summed E-state index contributed by atoms with van der Waals surface area (Å²) in [6, 6.07) is 5.82. The monoisotopic (exact) mass is 515 g/mol. The lowest BCUT2D eigenvalue weighted by Gasteiger charge is -2.35. The number of piperidine rings is 1. The Morgan fingerprint density at radius 3 is 2.57 bits per heavy atom. The van der Waals surface area contributed by atoms with E-state index in [9.17, 15) is 9.59 Å². The first-order valence-corrected chi connectivity index (χ1v) is 12.5. The third kappa shape index (κ3) is 5.54. The average molecular weight is 517 g/mol. The number of thiazole rings is 1. The van der Waals surface area contributed by atoms with E-state index >= 15 is 0 Å². The first kappa shape index (κ1) is 23.9. The normalized spacial score (nSPS) is 19.8. The molecule has 2 aromatic rings. The molecule has 1 aromatic carbocycles. The van der Waals surface area contributed by atoms with Crippen LogP contribution in [0.25, 0.3) is 10.2 Å². The fourth-order valence-electron chi connectivity index (χ4n) is 4.85. The summed E-state index contributed by atoms with van der Waals surface area (Å²) in [5.41, 5.74) is 0.843. The molecule has 2 aliphatic heterocycles. The second-order valence-electron chi connectivity index (χ2n) is 8.42. The molecule has 5 nitrogen and oxygen atoms in total. The minimum atomic E-state index is -0.498. The van der Waals surface area contributed by atoms with E-state index in [0.29, 0.717) is 0 Å². The van der Waals surface area contributed by atoms with Crippen molar-refractivity contribution in [3.8, 4) is 0 Å². The fourth-order valence-corrected chi connectivity index (χ4v) is 6.09. The first-order valence-electron chi connectivity index (χ1n) is 10.9. The van der Waals surface area contributed by atoms with Gasteiger partial charge in [0, 0.05) is 17.6 Å². The largest absolute Gasteiger partial charge is 0.309 e. The Morgan fingerprint density at radius 2 is 1.87 bits per heavy atom. The second-order valence-corrected chi connectivity index (χ2v) is 10.3. The van der Waals surface area contributed by atoms with Crippen molar-refractivity contribution in [3.05, 3.63) is 32.3 Å². The smallest absolute Gasteiger partial charge is 0.303 e. The molecule has 0 spiro atoms. The van der Waals surface area contributed by atoms with Crippen LogP contribution in [0.5, 0.6) is 0 Å². The number of likely N-dealkylation sites (tertiary alicyclic amines) is 2. The van der Waals surface area contributed by atoms with Crippen LogP contribution in [0, 0.1) is 5.92 Å². The van der Waals surface area contributed by atoms with Crippen molar-refractivity contribution < 1.29 is 4.79 Å². The van der Waals surface area contributed by atoms with Crippen molar-refractivity contribution >= 4 is 56.2 Å². The Bertz CT molecular complexity index is 888. The maximum Gasteiger partial charge on any atom is 0.309 e. The van der Waals surface area contributed by atoms with Gasteiger partial charge in [-0.3, -0.25) is 19.1 Å². The summed E-state index contributed by atoms with van der Waals surface area (Å²) >= 11 is 4.70. The van der Waals surface area contributed by atoms with Crippen LogP contribution in [0.3, 0.4) is 0 Å². The van der Waals surface area contributed by atoms with Crippen LogP contribution in [0.15, 0.2) is 27.5 Å². The summed E-state index contributed by atoms with van der Waals surface area (Å²) in [6.07, 6.45) is 9.33. The van der Waals surface area contributed by atoms with E-state index in [1.807, 2.05) is 18.2 Å². The number of aldehydes is 1. The van der Waals surface area contributed by atoms with Crippen LogP contribution < -0.4 is 4.87 Å².